The predicted molar refractivity (Wildman–Crippen MR) is 112 cm³/mol. The summed E-state index contributed by atoms with van der Waals surface area (Å²) in [5.41, 5.74) is 2.09. The Morgan fingerprint density at radius 2 is 1.86 bits per heavy atom. The fourth-order valence-electron chi connectivity index (χ4n) is 3.31. The molecule has 1 aromatic carbocycles. The van der Waals surface area contributed by atoms with Crippen molar-refractivity contribution in [2.75, 3.05) is 27.7 Å². The summed E-state index contributed by atoms with van der Waals surface area (Å²) < 4.78 is 8.69. The van der Waals surface area contributed by atoms with Crippen LogP contribution in [0.4, 0.5) is 0 Å². The molecule has 0 aliphatic heterocycles. The number of ether oxygens (including phenoxy) is 1. The van der Waals surface area contributed by atoms with Crippen LogP contribution in [0.3, 0.4) is 0 Å². The maximum absolute atomic E-state index is 13.4. The Morgan fingerprint density at radius 3 is 2.52 bits per heavy atom. The summed E-state index contributed by atoms with van der Waals surface area (Å²) in [5, 5.41) is 5.14. The smallest absolute Gasteiger partial charge is 0.262 e. The lowest BCUT2D eigenvalue weighted by molar-refractivity contribution is 0.381. The van der Waals surface area contributed by atoms with Crippen molar-refractivity contribution in [1.29, 1.82) is 0 Å². The zero-order valence-electron chi connectivity index (χ0n) is 17.1. The highest BCUT2D eigenvalue weighted by Crippen LogP contribution is 2.27. The van der Waals surface area contributed by atoms with Gasteiger partial charge >= 0.3 is 0 Å². The second-order valence-electron chi connectivity index (χ2n) is 7.16. The molecule has 0 aliphatic rings. The molecule has 0 saturated carbocycles. The summed E-state index contributed by atoms with van der Waals surface area (Å²) in [6.07, 6.45) is 2.49. The van der Waals surface area contributed by atoms with Gasteiger partial charge in [-0.3, -0.25) is 4.79 Å². The molecule has 3 aromatic heterocycles. The van der Waals surface area contributed by atoms with Gasteiger partial charge in [0.25, 0.3) is 11.3 Å². The summed E-state index contributed by atoms with van der Waals surface area (Å²) in [5.74, 6) is 1.93. The third-order valence-electron chi connectivity index (χ3n) is 4.91. The number of hydrogen-bond acceptors (Lipinski definition) is 6. The van der Waals surface area contributed by atoms with Gasteiger partial charge in [0, 0.05) is 31.3 Å². The summed E-state index contributed by atoms with van der Waals surface area (Å²) >= 11 is 0. The van der Waals surface area contributed by atoms with Crippen molar-refractivity contribution in [1.82, 2.24) is 29.0 Å². The molecule has 0 unspecified atom stereocenters. The summed E-state index contributed by atoms with van der Waals surface area (Å²) in [7, 11) is 5.60. The quantitative estimate of drug-likeness (QED) is 0.501. The van der Waals surface area contributed by atoms with E-state index in [1.54, 1.807) is 22.4 Å². The van der Waals surface area contributed by atoms with E-state index in [1.165, 1.54) is 0 Å². The van der Waals surface area contributed by atoms with E-state index < -0.39 is 0 Å². The van der Waals surface area contributed by atoms with E-state index in [9.17, 15) is 4.79 Å². The van der Waals surface area contributed by atoms with Gasteiger partial charge in [0.15, 0.2) is 5.82 Å². The van der Waals surface area contributed by atoms with E-state index in [0.29, 0.717) is 41.2 Å². The summed E-state index contributed by atoms with van der Waals surface area (Å²) in [4.78, 5) is 24.6. The van der Waals surface area contributed by atoms with Crippen LogP contribution in [0.1, 0.15) is 12.7 Å². The van der Waals surface area contributed by atoms with Crippen LogP contribution in [-0.2, 0) is 13.0 Å². The molecule has 0 saturated heterocycles. The second kappa shape index (κ2) is 7.63. The fraction of sp³-hybridized carbons (Fsp3) is 0.333. The fourth-order valence-corrected chi connectivity index (χ4v) is 3.31. The largest absolute Gasteiger partial charge is 0.497 e. The molecule has 0 spiro atoms. The maximum atomic E-state index is 13.4. The van der Waals surface area contributed by atoms with Crippen molar-refractivity contribution in [2.45, 2.75) is 19.9 Å². The number of rotatable bonds is 6. The van der Waals surface area contributed by atoms with E-state index in [-0.39, 0.29) is 5.56 Å². The van der Waals surface area contributed by atoms with E-state index in [1.807, 2.05) is 56.3 Å². The number of nitrogens with zero attached hydrogens (tertiary/aromatic N) is 6. The van der Waals surface area contributed by atoms with E-state index >= 15 is 0 Å². The van der Waals surface area contributed by atoms with Crippen molar-refractivity contribution < 1.29 is 4.74 Å². The van der Waals surface area contributed by atoms with Gasteiger partial charge in [0.1, 0.15) is 5.75 Å². The van der Waals surface area contributed by atoms with Gasteiger partial charge in [-0.15, -0.1) is 5.10 Å². The minimum atomic E-state index is -0.0851. The molecular formula is C21H24N6O2. The Bertz CT molecular complexity index is 1220. The Balaban J connectivity index is 2.03. The molecule has 29 heavy (non-hydrogen) atoms. The Labute approximate surface area is 168 Å². The number of pyridine rings is 1. The van der Waals surface area contributed by atoms with Gasteiger partial charge in [0.05, 0.1) is 23.7 Å². The molecule has 3 heterocycles. The molecule has 8 nitrogen and oxygen atoms in total. The Kier molecular flexibility index (Phi) is 5.02. The molecule has 4 aromatic rings. The molecule has 0 amide bonds. The molecule has 150 valence electrons. The summed E-state index contributed by atoms with van der Waals surface area (Å²) in [6, 6.07) is 9.48. The number of fused-ring (bicyclic) bond motifs is 2. The first-order valence-electron chi connectivity index (χ1n) is 9.59. The molecule has 0 N–H and O–H groups in total. The average Bonchev–Trinajstić information content (AvgIpc) is 3.14. The SMILES string of the molecule is CCc1nc2nc3ccn(CCN(C)C)c(=O)c3c(-c3ccc(OC)cc3)n2n1. The lowest BCUT2D eigenvalue weighted by Crippen LogP contribution is -2.27. The first kappa shape index (κ1) is 19.1. The van der Waals surface area contributed by atoms with Crippen LogP contribution < -0.4 is 10.3 Å². The third-order valence-corrected chi connectivity index (χ3v) is 4.91. The van der Waals surface area contributed by atoms with Crippen LogP contribution in [0, 0.1) is 0 Å². The highest BCUT2D eigenvalue weighted by molar-refractivity contribution is 5.93. The lowest BCUT2D eigenvalue weighted by atomic mass is 10.1. The van der Waals surface area contributed by atoms with Gasteiger partial charge in [-0.1, -0.05) is 6.92 Å². The van der Waals surface area contributed by atoms with Crippen molar-refractivity contribution in [3.8, 4) is 17.0 Å². The number of likely N-dealkylation sites (N-methyl/N-ethyl adjacent to an activating group) is 1. The minimum Gasteiger partial charge on any atom is -0.497 e. The van der Waals surface area contributed by atoms with Crippen LogP contribution in [0.2, 0.25) is 0 Å². The highest BCUT2D eigenvalue weighted by atomic mass is 16.5. The van der Waals surface area contributed by atoms with Crippen LogP contribution in [0.25, 0.3) is 27.9 Å². The minimum absolute atomic E-state index is 0.0851. The van der Waals surface area contributed by atoms with E-state index in [0.717, 1.165) is 17.9 Å². The van der Waals surface area contributed by atoms with Crippen molar-refractivity contribution in [2.24, 2.45) is 0 Å². The molecule has 0 bridgehead atoms. The lowest BCUT2D eigenvalue weighted by Gasteiger charge is -2.14. The highest BCUT2D eigenvalue weighted by Gasteiger charge is 2.18. The van der Waals surface area contributed by atoms with Gasteiger partial charge in [-0.2, -0.15) is 9.50 Å². The predicted octanol–water partition coefficient (Wildman–Crippen LogP) is 2.24. The van der Waals surface area contributed by atoms with Crippen LogP contribution >= 0.6 is 0 Å². The standard InChI is InChI=1S/C21H24N6O2/c1-5-17-23-21-22-16-10-11-26(13-12-25(2)3)20(28)18(16)19(27(21)24-17)14-6-8-15(29-4)9-7-14/h6-11H,5,12-13H2,1-4H3. The monoisotopic (exact) mass is 392 g/mol. The number of hydrogen-bond donors (Lipinski definition) is 0. The first-order valence-corrected chi connectivity index (χ1v) is 9.59. The molecular weight excluding hydrogens is 368 g/mol. The van der Waals surface area contributed by atoms with Gasteiger partial charge < -0.3 is 14.2 Å². The normalized spacial score (nSPS) is 11.6. The van der Waals surface area contributed by atoms with Crippen molar-refractivity contribution in [3.63, 3.8) is 0 Å². The van der Waals surface area contributed by atoms with Gasteiger partial charge in [-0.05, 0) is 44.4 Å². The van der Waals surface area contributed by atoms with Crippen LogP contribution in [0.15, 0.2) is 41.3 Å². The van der Waals surface area contributed by atoms with Gasteiger partial charge in [-0.25, -0.2) is 4.98 Å². The first-order chi connectivity index (χ1) is 14.0. The van der Waals surface area contributed by atoms with Crippen molar-refractivity contribution in [3.05, 3.63) is 52.7 Å². The van der Waals surface area contributed by atoms with Crippen LogP contribution in [-0.4, -0.2) is 56.8 Å². The van der Waals surface area contributed by atoms with Crippen LogP contribution in [0.5, 0.6) is 5.75 Å². The second-order valence-corrected chi connectivity index (χ2v) is 7.16. The Morgan fingerprint density at radius 1 is 1.10 bits per heavy atom. The molecule has 4 rings (SSSR count). The molecule has 0 aliphatic carbocycles. The third kappa shape index (κ3) is 3.47. The molecule has 0 radical (unpaired) electrons. The zero-order chi connectivity index (χ0) is 20.5. The van der Waals surface area contributed by atoms with E-state index in [2.05, 4.69) is 15.1 Å². The molecule has 8 heteroatoms. The number of aryl methyl sites for hydroxylation is 1. The topological polar surface area (TPSA) is 77.5 Å². The van der Waals surface area contributed by atoms with Gasteiger partial charge in [0.2, 0.25) is 0 Å². The number of methoxy groups -OCH3 is 1. The zero-order valence-corrected chi connectivity index (χ0v) is 17.1. The molecule has 0 fully saturated rings. The Hall–Kier alpha value is -3.26. The van der Waals surface area contributed by atoms with Crippen molar-refractivity contribution >= 4 is 16.7 Å². The maximum Gasteiger partial charge on any atom is 0.262 e. The average molecular weight is 392 g/mol. The number of aromatic nitrogens is 5. The number of benzene rings is 1. The summed E-state index contributed by atoms with van der Waals surface area (Å²) in [6.45, 7) is 3.36. The molecule has 0 atom stereocenters. The van der Waals surface area contributed by atoms with E-state index in [4.69, 9.17) is 4.74 Å².